The number of rotatable bonds is 11. The van der Waals surface area contributed by atoms with Crippen LogP contribution in [0.5, 0.6) is 0 Å². The van der Waals surface area contributed by atoms with E-state index in [1.807, 2.05) is 41.1 Å². The summed E-state index contributed by atoms with van der Waals surface area (Å²) in [5.41, 5.74) is 1.38. The second-order valence-corrected chi connectivity index (χ2v) is 8.25. The van der Waals surface area contributed by atoms with Crippen LogP contribution in [0.3, 0.4) is 0 Å². The number of nitrogens with one attached hydrogen (secondary N) is 2. The summed E-state index contributed by atoms with van der Waals surface area (Å²) in [7, 11) is 0. The third kappa shape index (κ3) is 6.30. The topological polar surface area (TPSA) is 79.4 Å². The average Bonchev–Trinajstić information content (AvgIpc) is 3.46. The molecule has 0 fully saturated rings. The van der Waals surface area contributed by atoms with Gasteiger partial charge < -0.3 is 24.7 Å². The molecule has 4 aromatic rings. The molecule has 178 valence electrons. The molecule has 0 aliphatic carbocycles. The van der Waals surface area contributed by atoms with Gasteiger partial charge in [-0.15, -0.1) is 0 Å². The summed E-state index contributed by atoms with van der Waals surface area (Å²) in [6.45, 7) is 1.03. The number of halogens is 2. The fraction of sp³-hybridized carbons (Fsp3) is 0.269. The molecular weight excluding hydrogens is 440 g/mol. The van der Waals surface area contributed by atoms with Gasteiger partial charge in [-0.3, -0.25) is 4.79 Å². The monoisotopic (exact) mass is 467 g/mol. The Kier molecular flexibility index (Phi) is 7.72. The summed E-state index contributed by atoms with van der Waals surface area (Å²) in [5, 5.41) is 17.8. The molecule has 0 unspecified atom stereocenters. The molecule has 0 saturated carbocycles. The van der Waals surface area contributed by atoms with Crippen molar-refractivity contribution in [3.8, 4) is 0 Å². The number of amides is 1. The minimum atomic E-state index is -0.988. The van der Waals surface area contributed by atoms with E-state index in [0.29, 0.717) is 24.4 Å². The highest BCUT2D eigenvalue weighted by atomic mass is 19.1. The Bertz CT molecular complexity index is 1200. The lowest BCUT2D eigenvalue weighted by Crippen LogP contribution is -2.48. The van der Waals surface area contributed by atoms with Crippen molar-refractivity contribution in [3.63, 3.8) is 0 Å². The molecule has 3 N–H and O–H groups in total. The standard InChI is InChI=1S/C26H27F2N3O3/c27-20-12-18(13-21(28)15-20)14-23(25(32)17-29-16-22-5-3-11-34-22)30-26(33)8-10-31-9-7-19-4-1-2-6-24(19)31/h1-7,9,11-13,15,23,25,29,32H,8,10,14,16-17H2,(H,30,33)/t23-,25-/m1/s1. The SMILES string of the molecule is O=C(CCn1ccc2ccccc21)N[C@H](Cc1cc(F)cc(F)c1)[C@H](O)CNCc1ccco1. The molecule has 2 aromatic heterocycles. The van der Waals surface area contributed by atoms with Gasteiger partial charge in [-0.1, -0.05) is 18.2 Å². The quantitative estimate of drug-likeness (QED) is 0.314. The maximum absolute atomic E-state index is 13.7. The Labute approximate surface area is 196 Å². The Morgan fingerprint density at radius 1 is 1.06 bits per heavy atom. The van der Waals surface area contributed by atoms with Crippen molar-refractivity contribution in [2.45, 2.75) is 38.1 Å². The number of hydrogen-bond donors (Lipinski definition) is 3. The van der Waals surface area contributed by atoms with E-state index < -0.39 is 23.8 Å². The number of hydrogen-bond acceptors (Lipinski definition) is 4. The summed E-state index contributed by atoms with van der Waals surface area (Å²) in [4.78, 5) is 12.8. The molecule has 0 aliphatic heterocycles. The van der Waals surface area contributed by atoms with Gasteiger partial charge in [0.05, 0.1) is 25.0 Å². The van der Waals surface area contributed by atoms with E-state index in [-0.39, 0.29) is 25.3 Å². The van der Waals surface area contributed by atoms with Crippen LogP contribution in [0.2, 0.25) is 0 Å². The normalized spacial score (nSPS) is 13.1. The first-order valence-corrected chi connectivity index (χ1v) is 11.2. The fourth-order valence-corrected chi connectivity index (χ4v) is 4.00. The second kappa shape index (κ2) is 11.1. The highest BCUT2D eigenvalue weighted by Crippen LogP contribution is 2.16. The number of nitrogens with zero attached hydrogens (tertiary/aromatic N) is 1. The minimum Gasteiger partial charge on any atom is -0.468 e. The van der Waals surface area contributed by atoms with Gasteiger partial charge in [-0.25, -0.2) is 8.78 Å². The third-order valence-electron chi connectivity index (χ3n) is 5.68. The molecule has 2 atom stereocenters. The van der Waals surface area contributed by atoms with Gasteiger partial charge in [0, 0.05) is 37.3 Å². The molecule has 0 aliphatic rings. The molecule has 34 heavy (non-hydrogen) atoms. The number of aliphatic hydroxyl groups is 1. The predicted molar refractivity (Wildman–Crippen MR) is 125 cm³/mol. The number of benzene rings is 2. The zero-order valence-corrected chi connectivity index (χ0v) is 18.6. The lowest BCUT2D eigenvalue weighted by Gasteiger charge is -2.25. The van der Waals surface area contributed by atoms with Gasteiger partial charge in [0.15, 0.2) is 0 Å². The van der Waals surface area contributed by atoms with Crippen LogP contribution in [0.15, 0.2) is 77.5 Å². The van der Waals surface area contributed by atoms with Crippen LogP contribution in [-0.2, 0) is 24.3 Å². The molecule has 0 radical (unpaired) electrons. The molecule has 1 amide bonds. The molecule has 4 rings (SSSR count). The van der Waals surface area contributed by atoms with Crippen molar-refractivity contribution in [2.75, 3.05) is 6.54 Å². The van der Waals surface area contributed by atoms with Crippen LogP contribution in [0, 0.1) is 11.6 Å². The van der Waals surface area contributed by atoms with Gasteiger partial charge in [-0.2, -0.15) is 0 Å². The summed E-state index contributed by atoms with van der Waals surface area (Å²) in [6, 6.07) is 15.9. The number of aryl methyl sites for hydroxylation is 1. The van der Waals surface area contributed by atoms with E-state index in [2.05, 4.69) is 10.6 Å². The van der Waals surface area contributed by atoms with Crippen LogP contribution in [0.25, 0.3) is 10.9 Å². The number of carbonyl (C=O) groups is 1. The molecule has 6 nitrogen and oxygen atoms in total. The van der Waals surface area contributed by atoms with Crippen LogP contribution in [0.1, 0.15) is 17.7 Å². The molecule has 2 heterocycles. The average molecular weight is 468 g/mol. The van der Waals surface area contributed by atoms with Gasteiger partial charge in [-0.05, 0) is 53.8 Å². The van der Waals surface area contributed by atoms with E-state index in [9.17, 15) is 18.7 Å². The van der Waals surface area contributed by atoms with Crippen LogP contribution in [-0.4, -0.2) is 34.3 Å². The molecular formula is C26H27F2N3O3. The largest absolute Gasteiger partial charge is 0.468 e. The van der Waals surface area contributed by atoms with E-state index in [0.717, 1.165) is 17.0 Å². The third-order valence-corrected chi connectivity index (χ3v) is 5.68. The second-order valence-electron chi connectivity index (χ2n) is 8.25. The van der Waals surface area contributed by atoms with Crippen molar-refractivity contribution in [1.82, 2.24) is 15.2 Å². The molecule has 0 bridgehead atoms. The Balaban J connectivity index is 1.39. The number of aliphatic hydroxyl groups excluding tert-OH is 1. The van der Waals surface area contributed by atoms with E-state index in [1.165, 1.54) is 12.1 Å². The van der Waals surface area contributed by atoms with Gasteiger partial charge in [0.1, 0.15) is 17.4 Å². The Morgan fingerprint density at radius 2 is 1.85 bits per heavy atom. The first-order chi connectivity index (χ1) is 16.5. The first kappa shape index (κ1) is 23.7. The van der Waals surface area contributed by atoms with Crippen LogP contribution < -0.4 is 10.6 Å². The van der Waals surface area contributed by atoms with Crippen molar-refractivity contribution in [3.05, 3.63) is 96.1 Å². The summed E-state index contributed by atoms with van der Waals surface area (Å²) >= 11 is 0. The van der Waals surface area contributed by atoms with E-state index in [4.69, 9.17) is 4.42 Å². The molecule has 8 heteroatoms. The highest BCUT2D eigenvalue weighted by Gasteiger charge is 2.22. The van der Waals surface area contributed by atoms with E-state index in [1.54, 1.807) is 18.4 Å². The van der Waals surface area contributed by atoms with Crippen molar-refractivity contribution in [2.24, 2.45) is 0 Å². The summed E-state index contributed by atoms with van der Waals surface area (Å²) in [5.74, 6) is -0.960. The maximum Gasteiger partial charge on any atom is 0.222 e. The zero-order valence-electron chi connectivity index (χ0n) is 18.6. The van der Waals surface area contributed by atoms with Crippen LogP contribution >= 0.6 is 0 Å². The minimum absolute atomic E-state index is 0.0798. The highest BCUT2D eigenvalue weighted by molar-refractivity contribution is 5.80. The zero-order chi connectivity index (χ0) is 23.9. The Hall–Kier alpha value is -3.49. The molecule has 2 aromatic carbocycles. The maximum atomic E-state index is 13.7. The lowest BCUT2D eigenvalue weighted by atomic mass is 10.0. The predicted octanol–water partition coefficient (Wildman–Crippen LogP) is 3.78. The van der Waals surface area contributed by atoms with Crippen molar-refractivity contribution < 1.29 is 23.1 Å². The van der Waals surface area contributed by atoms with Crippen molar-refractivity contribution in [1.29, 1.82) is 0 Å². The number of furan rings is 1. The Morgan fingerprint density at radius 3 is 2.62 bits per heavy atom. The summed E-state index contributed by atoms with van der Waals surface area (Å²) < 4.78 is 34.6. The number of carbonyl (C=O) groups excluding carboxylic acids is 1. The summed E-state index contributed by atoms with van der Waals surface area (Å²) in [6.07, 6.45) is 2.77. The molecule has 0 spiro atoms. The first-order valence-electron chi connectivity index (χ1n) is 11.2. The van der Waals surface area contributed by atoms with Gasteiger partial charge in [0.2, 0.25) is 5.91 Å². The number of aromatic nitrogens is 1. The van der Waals surface area contributed by atoms with E-state index >= 15 is 0 Å². The fourth-order valence-electron chi connectivity index (χ4n) is 4.00. The van der Waals surface area contributed by atoms with Gasteiger partial charge in [0.25, 0.3) is 0 Å². The number of fused-ring (bicyclic) bond motifs is 1. The molecule has 0 saturated heterocycles. The smallest absolute Gasteiger partial charge is 0.222 e. The van der Waals surface area contributed by atoms with Crippen molar-refractivity contribution >= 4 is 16.8 Å². The lowest BCUT2D eigenvalue weighted by molar-refractivity contribution is -0.122. The number of para-hydroxylation sites is 1. The van der Waals surface area contributed by atoms with Gasteiger partial charge >= 0.3 is 0 Å². The van der Waals surface area contributed by atoms with Crippen LogP contribution in [0.4, 0.5) is 8.78 Å².